The lowest BCUT2D eigenvalue weighted by Gasteiger charge is -2.28. The predicted octanol–water partition coefficient (Wildman–Crippen LogP) is 3.67. The number of hydrogen-bond acceptors (Lipinski definition) is 2. The first-order valence-corrected chi connectivity index (χ1v) is 8.05. The van der Waals surface area contributed by atoms with Gasteiger partial charge in [0.1, 0.15) is 0 Å². The third-order valence-corrected chi connectivity index (χ3v) is 3.62. The zero-order chi connectivity index (χ0) is 15.1. The fourth-order valence-corrected chi connectivity index (χ4v) is 2.49. The second-order valence-corrected chi connectivity index (χ2v) is 6.89. The van der Waals surface area contributed by atoms with E-state index in [1.165, 1.54) is 0 Å². The molecular weight excluding hydrogens is 334 g/mol. The third kappa shape index (κ3) is 6.68. The molecule has 1 aromatic carbocycles. The molecule has 0 heterocycles. The Balaban J connectivity index is 2.66. The molecule has 0 aliphatic carbocycles. The van der Waals surface area contributed by atoms with Crippen LogP contribution in [0.1, 0.15) is 13.8 Å². The number of nitrogens with one attached hydrogen (secondary N) is 1. The van der Waals surface area contributed by atoms with Gasteiger partial charge in [-0.2, -0.15) is 0 Å². The van der Waals surface area contributed by atoms with Crippen LogP contribution in [0.25, 0.3) is 0 Å². The number of thiocarbonyl (C=S) groups is 1. The van der Waals surface area contributed by atoms with Gasteiger partial charge in [-0.1, -0.05) is 35.8 Å². The Morgan fingerprint density at radius 2 is 2.00 bits per heavy atom. The minimum atomic E-state index is 0.583. The zero-order valence-electron chi connectivity index (χ0n) is 12.7. The van der Waals surface area contributed by atoms with Crippen LogP contribution in [0, 0.1) is 5.92 Å². The van der Waals surface area contributed by atoms with Crippen molar-refractivity contribution < 1.29 is 0 Å². The molecule has 0 aromatic heterocycles. The first-order valence-electron chi connectivity index (χ1n) is 6.84. The summed E-state index contributed by atoms with van der Waals surface area (Å²) in [6, 6.07) is 8.07. The largest absolute Gasteiger partial charge is 0.347 e. The molecule has 0 atom stereocenters. The van der Waals surface area contributed by atoms with E-state index in [9.17, 15) is 0 Å². The summed E-state index contributed by atoms with van der Waals surface area (Å²) in [5.74, 6) is 0.583. The fourth-order valence-electron chi connectivity index (χ4n) is 1.81. The summed E-state index contributed by atoms with van der Waals surface area (Å²) in [6.07, 6.45) is 0. The van der Waals surface area contributed by atoms with Crippen LogP contribution in [0.15, 0.2) is 28.7 Å². The smallest absolute Gasteiger partial charge is 0.173 e. The van der Waals surface area contributed by atoms with Crippen molar-refractivity contribution in [2.24, 2.45) is 5.92 Å². The summed E-state index contributed by atoms with van der Waals surface area (Å²) < 4.78 is 1.05. The molecule has 1 N–H and O–H groups in total. The SMILES string of the molecule is CC(C)CN(CCN(C)C)C(=S)Nc1cccc(Br)c1. The first-order chi connectivity index (χ1) is 9.38. The van der Waals surface area contributed by atoms with E-state index in [2.05, 4.69) is 59.0 Å². The van der Waals surface area contributed by atoms with Crippen LogP contribution in [-0.4, -0.2) is 48.6 Å². The van der Waals surface area contributed by atoms with Crippen molar-refractivity contribution in [3.63, 3.8) is 0 Å². The second kappa shape index (κ2) is 8.60. The number of anilines is 1. The fraction of sp³-hybridized carbons (Fsp3) is 0.533. The highest BCUT2D eigenvalue weighted by atomic mass is 79.9. The molecule has 0 aliphatic rings. The first kappa shape index (κ1) is 17.4. The average molecular weight is 358 g/mol. The summed E-state index contributed by atoms with van der Waals surface area (Å²) in [5, 5.41) is 4.11. The van der Waals surface area contributed by atoms with Gasteiger partial charge >= 0.3 is 0 Å². The summed E-state index contributed by atoms with van der Waals surface area (Å²) in [6.45, 7) is 7.32. The number of benzene rings is 1. The Morgan fingerprint density at radius 3 is 2.55 bits per heavy atom. The number of nitrogens with zero attached hydrogens (tertiary/aromatic N) is 2. The van der Waals surface area contributed by atoms with Crippen LogP contribution in [-0.2, 0) is 0 Å². The zero-order valence-corrected chi connectivity index (χ0v) is 15.1. The molecular formula is C15H24BrN3S. The molecule has 112 valence electrons. The maximum absolute atomic E-state index is 5.55. The molecule has 0 fully saturated rings. The van der Waals surface area contributed by atoms with Gasteiger partial charge in [0.15, 0.2) is 5.11 Å². The van der Waals surface area contributed by atoms with Crippen LogP contribution in [0.5, 0.6) is 0 Å². The molecule has 5 heteroatoms. The van der Waals surface area contributed by atoms with E-state index < -0.39 is 0 Å². The van der Waals surface area contributed by atoms with Crippen molar-refractivity contribution in [3.8, 4) is 0 Å². The minimum absolute atomic E-state index is 0.583. The Labute approximate surface area is 136 Å². The lowest BCUT2D eigenvalue weighted by molar-refractivity contribution is 0.310. The predicted molar refractivity (Wildman–Crippen MR) is 95.3 cm³/mol. The van der Waals surface area contributed by atoms with Crippen LogP contribution >= 0.6 is 28.1 Å². The lowest BCUT2D eigenvalue weighted by Crippen LogP contribution is -2.41. The van der Waals surface area contributed by atoms with Gasteiger partial charge in [0.2, 0.25) is 0 Å². The van der Waals surface area contributed by atoms with E-state index in [1.54, 1.807) is 0 Å². The van der Waals surface area contributed by atoms with E-state index in [1.807, 2.05) is 24.3 Å². The topological polar surface area (TPSA) is 18.5 Å². The second-order valence-electron chi connectivity index (χ2n) is 5.58. The highest BCUT2D eigenvalue weighted by Gasteiger charge is 2.12. The van der Waals surface area contributed by atoms with Crippen LogP contribution < -0.4 is 5.32 Å². The monoisotopic (exact) mass is 357 g/mol. The van der Waals surface area contributed by atoms with Crippen LogP contribution in [0.3, 0.4) is 0 Å². The molecule has 0 saturated carbocycles. The molecule has 3 nitrogen and oxygen atoms in total. The van der Waals surface area contributed by atoms with Gasteiger partial charge in [-0.25, -0.2) is 0 Å². The molecule has 0 amide bonds. The maximum Gasteiger partial charge on any atom is 0.173 e. The van der Waals surface area contributed by atoms with E-state index in [-0.39, 0.29) is 0 Å². The Hall–Kier alpha value is -0.650. The van der Waals surface area contributed by atoms with Gasteiger partial charge < -0.3 is 15.1 Å². The number of halogens is 1. The molecule has 0 unspecified atom stereocenters. The standard InChI is InChI=1S/C15H24BrN3S/c1-12(2)11-19(9-8-18(3)4)15(20)17-14-7-5-6-13(16)10-14/h5-7,10,12H,8-9,11H2,1-4H3,(H,17,20). The van der Waals surface area contributed by atoms with E-state index in [0.29, 0.717) is 5.92 Å². The van der Waals surface area contributed by atoms with Crippen molar-refractivity contribution in [2.75, 3.05) is 39.0 Å². The molecule has 0 radical (unpaired) electrons. The minimum Gasteiger partial charge on any atom is -0.347 e. The van der Waals surface area contributed by atoms with Gasteiger partial charge in [0.25, 0.3) is 0 Å². The van der Waals surface area contributed by atoms with Gasteiger partial charge in [0.05, 0.1) is 0 Å². The normalized spacial score (nSPS) is 10.9. The Kier molecular flexibility index (Phi) is 7.48. The molecule has 1 rings (SSSR count). The van der Waals surface area contributed by atoms with Crippen molar-refractivity contribution in [1.29, 1.82) is 0 Å². The van der Waals surface area contributed by atoms with E-state index >= 15 is 0 Å². The van der Waals surface area contributed by atoms with Gasteiger partial charge in [-0.05, 0) is 50.4 Å². The highest BCUT2D eigenvalue weighted by Crippen LogP contribution is 2.16. The third-order valence-electron chi connectivity index (χ3n) is 2.77. The van der Waals surface area contributed by atoms with Gasteiger partial charge in [-0.3, -0.25) is 0 Å². The number of hydrogen-bond donors (Lipinski definition) is 1. The molecule has 20 heavy (non-hydrogen) atoms. The van der Waals surface area contributed by atoms with Crippen LogP contribution in [0.2, 0.25) is 0 Å². The summed E-state index contributed by atoms with van der Waals surface area (Å²) >= 11 is 9.03. The lowest BCUT2D eigenvalue weighted by atomic mass is 10.2. The maximum atomic E-state index is 5.55. The molecule has 1 aromatic rings. The quantitative estimate of drug-likeness (QED) is 0.782. The summed E-state index contributed by atoms with van der Waals surface area (Å²) in [5.41, 5.74) is 1.02. The van der Waals surface area contributed by atoms with Crippen molar-refractivity contribution in [2.45, 2.75) is 13.8 Å². The van der Waals surface area contributed by atoms with Crippen molar-refractivity contribution in [1.82, 2.24) is 9.80 Å². The number of likely N-dealkylation sites (N-methyl/N-ethyl adjacent to an activating group) is 1. The molecule has 0 bridgehead atoms. The molecule has 0 aliphatic heterocycles. The molecule has 0 spiro atoms. The Morgan fingerprint density at radius 1 is 1.30 bits per heavy atom. The summed E-state index contributed by atoms with van der Waals surface area (Å²) in [7, 11) is 4.16. The van der Waals surface area contributed by atoms with Crippen molar-refractivity contribution in [3.05, 3.63) is 28.7 Å². The number of rotatable bonds is 6. The van der Waals surface area contributed by atoms with Gasteiger partial charge in [-0.15, -0.1) is 0 Å². The van der Waals surface area contributed by atoms with E-state index in [4.69, 9.17) is 12.2 Å². The Bertz CT molecular complexity index is 435. The summed E-state index contributed by atoms with van der Waals surface area (Å²) in [4.78, 5) is 4.41. The average Bonchev–Trinajstić information content (AvgIpc) is 2.33. The molecule has 0 saturated heterocycles. The van der Waals surface area contributed by atoms with Gasteiger partial charge in [0, 0.05) is 29.8 Å². The highest BCUT2D eigenvalue weighted by molar-refractivity contribution is 9.10. The van der Waals surface area contributed by atoms with Crippen LogP contribution in [0.4, 0.5) is 5.69 Å². The van der Waals surface area contributed by atoms with Crippen molar-refractivity contribution >= 4 is 38.9 Å². The van der Waals surface area contributed by atoms with E-state index in [0.717, 1.165) is 34.9 Å².